The van der Waals surface area contributed by atoms with Gasteiger partial charge < -0.3 is 16.0 Å². The van der Waals surface area contributed by atoms with Crippen LogP contribution in [0.4, 0.5) is 11.6 Å². The predicted molar refractivity (Wildman–Crippen MR) is 91.0 cm³/mol. The zero-order chi connectivity index (χ0) is 16.2. The Morgan fingerprint density at radius 2 is 2.17 bits per heavy atom. The van der Waals surface area contributed by atoms with E-state index in [4.69, 9.17) is 17.3 Å². The highest BCUT2D eigenvalue weighted by atomic mass is 35.5. The van der Waals surface area contributed by atoms with Crippen LogP contribution < -0.4 is 16.0 Å². The largest absolute Gasteiger partial charge is 0.383 e. The second kappa shape index (κ2) is 6.93. The Morgan fingerprint density at radius 3 is 3.04 bits per heavy atom. The number of hydrogen-bond acceptors (Lipinski definition) is 6. The van der Waals surface area contributed by atoms with Gasteiger partial charge in [-0.05, 0) is 31.2 Å². The second-order valence-electron chi connectivity index (χ2n) is 5.39. The van der Waals surface area contributed by atoms with Crippen LogP contribution in [0.25, 0.3) is 0 Å². The van der Waals surface area contributed by atoms with Crippen molar-refractivity contribution in [3.63, 3.8) is 0 Å². The predicted octanol–water partition coefficient (Wildman–Crippen LogP) is 1.74. The van der Waals surface area contributed by atoms with Crippen LogP contribution in [-0.4, -0.2) is 41.9 Å². The van der Waals surface area contributed by atoms with Crippen molar-refractivity contribution in [3.8, 4) is 0 Å². The normalized spacial score (nSPS) is 15.3. The lowest BCUT2D eigenvalue weighted by atomic mass is 10.1. The molecule has 2 aromatic heterocycles. The third-order valence-corrected chi connectivity index (χ3v) is 3.97. The molecule has 0 atom stereocenters. The fourth-order valence-corrected chi connectivity index (χ4v) is 2.73. The standard InChI is InChI=1S/C16H18ClN5O/c17-11-9-12(16(18)20-10-11)15(23)13-3-1-4-14(21-13)22-7-2-5-19-6-8-22/h1,3-4,9-10,19H,2,5-8H2,(H2,18,20). The van der Waals surface area contributed by atoms with Crippen LogP contribution >= 0.6 is 11.6 Å². The average molecular weight is 332 g/mol. The monoisotopic (exact) mass is 331 g/mol. The summed E-state index contributed by atoms with van der Waals surface area (Å²) >= 11 is 5.91. The van der Waals surface area contributed by atoms with Crippen LogP contribution in [0, 0.1) is 0 Å². The maximum atomic E-state index is 12.7. The summed E-state index contributed by atoms with van der Waals surface area (Å²) in [6, 6.07) is 6.96. The lowest BCUT2D eigenvalue weighted by Gasteiger charge is -2.21. The fourth-order valence-electron chi connectivity index (χ4n) is 2.57. The Morgan fingerprint density at radius 1 is 1.30 bits per heavy atom. The zero-order valence-electron chi connectivity index (χ0n) is 12.6. The highest BCUT2D eigenvalue weighted by Gasteiger charge is 2.17. The number of hydrogen-bond donors (Lipinski definition) is 2. The molecule has 6 nitrogen and oxygen atoms in total. The van der Waals surface area contributed by atoms with Gasteiger partial charge in [0.05, 0.1) is 10.6 Å². The van der Waals surface area contributed by atoms with Gasteiger partial charge in [0.1, 0.15) is 17.3 Å². The van der Waals surface area contributed by atoms with Crippen LogP contribution in [-0.2, 0) is 0 Å². The van der Waals surface area contributed by atoms with Crippen molar-refractivity contribution in [3.05, 3.63) is 46.7 Å². The number of nitrogens with two attached hydrogens (primary N) is 1. The maximum Gasteiger partial charge on any atom is 0.215 e. The van der Waals surface area contributed by atoms with Crippen molar-refractivity contribution in [2.75, 3.05) is 36.8 Å². The number of halogens is 1. The van der Waals surface area contributed by atoms with E-state index >= 15 is 0 Å². The number of rotatable bonds is 3. The molecule has 23 heavy (non-hydrogen) atoms. The van der Waals surface area contributed by atoms with Gasteiger partial charge in [-0.2, -0.15) is 0 Å². The number of pyridine rings is 2. The summed E-state index contributed by atoms with van der Waals surface area (Å²) in [5.41, 5.74) is 6.41. The van der Waals surface area contributed by atoms with E-state index in [9.17, 15) is 4.79 Å². The lowest BCUT2D eigenvalue weighted by molar-refractivity contribution is 0.103. The molecule has 0 bridgehead atoms. The molecule has 2 aromatic rings. The molecule has 0 saturated carbocycles. The van der Waals surface area contributed by atoms with E-state index in [0.29, 0.717) is 10.7 Å². The highest BCUT2D eigenvalue weighted by Crippen LogP contribution is 2.20. The number of anilines is 2. The van der Waals surface area contributed by atoms with Crippen molar-refractivity contribution in [1.82, 2.24) is 15.3 Å². The van der Waals surface area contributed by atoms with Gasteiger partial charge in [0.15, 0.2) is 0 Å². The minimum Gasteiger partial charge on any atom is -0.383 e. The molecule has 0 unspecified atom stereocenters. The van der Waals surface area contributed by atoms with Crippen LogP contribution in [0.5, 0.6) is 0 Å². The summed E-state index contributed by atoms with van der Waals surface area (Å²) in [7, 11) is 0. The van der Waals surface area contributed by atoms with E-state index < -0.39 is 0 Å². The minimum absolute atomic E-state index is 0.158. The number of aromatic nitrogens is 2. The highest BCUT2D eigenvalue weighted by molar-refractivity contribution is 6.31. The molecule has 1 aliphatic rings. The van der Waals surface area contributed by atoms with Gasteiger partial charge in [-0.3, -0.25) is 4.79 Å². The van der Waals surface area contributed by atoms with Crippen molar-refractivity contribution in [2.45, 2.75) is 6.42 Å². The topological polar surface area (TPSA) is 84.1 Å². The van der Waals surface area contributed by atoms with Gasteiger partial charge in [-0.15, -0.1) is 0 Å². The average Bonchev–Trinajstić information content (AvgIpc) is 2.86. The van der Waals surface area contributed by atoms with E-state index in [1.807, 2.05) is 12.1 Å². The van der Waals surface area contributed by atoms with Crippen LogP contribution in [0.2, 0.25) is 5.02 Å². The number of nitrogens with zero attached hydrogens (tertiary/aromatic N) is 3. The maximum absolute atomic E-state index is 12.7. The molecule has 1 aliphatic heterocycles. The first-order valence-corrected chi connectivity index (χ1v) is 7.91. The van der Waals surface area contributed by atoms with Crippen LogP contribution in [0.3, 0.4) is 0 Å². The van der Waals surface area contributed by atoms with Crippen molar-refractivity contribution >= 4 is 29.0 Å². The summed E-state index contributed by atoms with van der Waals surface area (Å²) in [6.07, 6.45) is 2.47. The van der Waals surface area contributed by atoms with E-state index in [2.05, 4.69) is 20.2 Å². The Bertz CT molecular complexity index is 713. The molecular formula is C16H18ClN5O. The van der Waals surface area contributed by atoms with Crippen LogP contribution in [0.15, 0.2) is 30.5 Å². The molecule has 3 heterocycles. The molecular weight excluding hydrogens is 314 g/mol. The molecule has 120 valence electrons. The van der Waals surface area contributed by atoms with Gasteiger partial charge in [0.25, 0.3) is 0 Å². The first-order chi connectivity index (χ1) is 11.1. The molecule has 3 N–H and O–H groups in total. The van der Waals surface area contributed by atoms with Gasteiger partial charge in [0.2, 0.25) is 5.78 Å². The van der Waals surface area contributed by atoms with Gasteiger partial charge in [-0.25, -0.2) is 9.97 Å². The summed E-state index contributed by atoms with van der Waals surface area (Å²) in [6.45, 7) is 3.69. The summed E-state index contributed by atoms with van der Waals surface area (Å²) in [5.74, 6) is 0.686. The third-order valence-electron chi connectivity index (χ3n) is 3.76. The van der Waals surface area contributed by atoms with E-state index in [-0.39, 0.29) is 17.2 Å². The molecule has 0 amide bonds. The third kappa shape index (κ3) is 3.60. The molecule has 3 rings (SSSR count). The molecule has 0 radical (unpaired) electrons. The number of nitrogens with one attached hydrogen (secondary N) is 1. The smallest absolute Gasteiger partial charge is 0.215 e. The second-order valence-corrected chi connectivity index (χ2v) is 5.82. The number of ketones is 1. The molecule has 0 spiro atoms. The van der Waals surface area contributed by atoms with E-state index in [1.165, 1.54) is 12.3 Å². The SMILES string of the molecule is Nc1ncc(Cl)cc1C(=O)c1cccc(N2CCCNCC2)n1. The fraction of sp³-hybridized carbons (Fsp3) is 0.312. The Balaban J connectivity index is 1.89. The Kier molecular flexibility index (Phi) is 4.73. The minimum atomic E-state index is -0.271. The van der Waals surface area contributed by atoms with E-state index in [0.717, 1.165) is 38.4 Å². The quantitative estimate of drug-likeness (QED) is 0.833. The van der Waals surface area contributed by atoms with Crippen molar-refractivity contribution in [2.24, 2.45) is 0 Å². The van der Waals surface area contributed by atoms with Crippen molar-refractivity contribution < 1.29 is 4.79 Å². The Labute approximate surface area is 139 Å². The van der Waals surface area contributed by atoms with Crippen LogP contribution in [0.1, 0.15) is 22.5 Å². The zero-order valence-corrected chi connectivity index (χ0v) is 13.4. The molecule has 7 heteroatoms. The number of carbonyl (C=O) groups is 1. The van der Waals surface area contributed by atoms with Gasteiger partial charge in [-0.1, -0.05) is 17.7 Å². The summed E-state index contributed by atoms with van der Waals surface area (Å²) in [4.78, 5) is 23.3. The summed E-state index contributed by atoms with van der Waals surface area (Å²) in [5, 5.41) is 3.72. The first-order valence-electron chi connectivity index (χ1n) is 7.53. The van der Waals surface area contributed by atoms with E-state index in [1.54, 1.807) is 6.07 Å². The van der Waals surface area contributed by atoms with Gasteiger partial charge >= 0.3 is 0 Å². The first kappa shape index (κ1) is 15.7. The summed E-state index contributed by atoms with van der Waals surface area (Å²) < 4.78 is 0. The molecule has 1 saturated heterocycles. The van der Waals surface area contributed by atoms with Crippen molar-refractivity contribution in [1.29, 1.82) is 0 Å². The number of carbonyl (C=O) groups excluding carboxylic acids is 1. The molecule has 0 aromatic carbocycles. The Hall–Kier alpha value is -2.18. The molecule has 0 aliphatic carbocycles. The van der Waals surface area contributed by atoms with Gasteiger partial charge in [0, 0.05) is 25.8 Å². The lowest BCUT2D eigenvalue weighted by Crippen LogP contribution is -2.29. The number of nitrogen functional groups attached to an aromatic ring is 1. The molecule has 1 fully saturated rings.